The van der Waals surface area contributed by atoms with Gasteiger partial charge in [-0.3, -0.25) is 0 Å². The number of carboxylic acids is 1. The summed E-state index contributed by atoms with van der Waals surface area (Å²) in [6, 6.07) is 11.8. The van der Waals surface area contributed by atoms with Crippen LogP contribution in [0.4, 0.5) is 0 Å². The lowest BCUT2D eigenvalue weighted by atomic mass is 10.1. The number of hydrogen-bond donors (Lipinski definition) is 1. The average molecular weight is 332 g/mol. The Balaban J connectivity index is 2.40. The van der Waals surface area contributed by atoms with Crippen molar-refractivity contribution in [3.05, 3.63) is 57.6 Å². The van der Waals surface area contributed by atoms with Gasteiger partial charge in [-0.25, -0.2) is 4.79 Å². The Morgan fingerprint density at radius 2 is 1.95 bits per heavy atom. The van der Waals surface area contributed by atoms with Gasteiger partial charge < -0.3 is 9.84 Å². The Morgan fingerprint density at radius 1 is 1.25 bits per heavy atom. The third-order valence-electron chi connectivity index (χ3n) is 2.65. The van der Waals surface area contributed by atoms with Crippen molar-refractivity contribution in [1.82, 2.24) is 0 Å². The summed E-state index contributed by atoms with van der Waals surface area (Å²) in [5.74, 6) is -0.336. The SMILES string of the molecule is Cc1ccc(Oc2ccc(C#N)cc2Br)c(C(=O)O)c1. The lowest BCUT2D eigenvalue weighted by molar-refractivity contribution is 0.0694. The monoisotopic (exact) mass is 331 g/mol. The van der Waals surface area contributed by atoms with E-state index in [4.69, 9.17) is 10.00 Å². The molecule has 0 heterocycles. The van der Waals surface area contributed by atoms with E-state index in [2.05, 4.69) is 15.9 Å². The lowest BCUT2D eigenvalue weighted by Crippen LogP contribution is -2.00. The van der Waals surface area contributed by atoms with Crippen LogP contribution in [0.2, 0.25) is 0 Å². The first-order chi connectivity index (χ1) is 9.51. The topological polar surface area (TPSA) is 70.3 Å². The molecule has 5 heteroatoms. The highest BCUT2D eigenvalue weighted by Crippen LogP contribution is 2.32. The number of ether oxygens (including phenoxy) is 1. The fourth-order valence-electron chi connectivity index (χ4n) is 1.67. The molecule has 0 atom stereocenters. The van der Waals surface area contributed by atoms with E-state index >= 15 is 0 Å². The maximum Gasteiger partial charge on any atom is 0.339 e. The molecule has 0 aromatic heterocycles. The van der Waals surface area contributed by atoms with Gasteiger partial charge in [-0.2, -0.15) is 5.26 Å². The molecule has 2 aromatic carbocycles. The molecule has 0 saturated heterocycles. The summed E-state index contributed by atoms with van der Waals surface area (Å²) in [6.07, 6.45) is 0. The highest BCUT2D eigenvalue weighted by Gasteiger charge is 2.13. The number of rotatable bonds is 3. The number of carbonyl (C=O) groups is 1. The van der Waals surface area contributed by atoms with Crippen molar-refractivity contribution in [2.75, 3.05) is 0 Å². The van der Waals surface area contributed by atoms with Crippen molar-refractivity contribution in [2.45, 2.75) is 6.92 Å². The van der Waals surface area contributed by atoms with Gasteiger partial charge in [-0.15, -0.1) is 0 Å². The summed E-state index contributed by atoms with van der Waals surface area (Å²) in [5, 5.41) is 18.0. The second-order valence-corrected chi connectivity index (χ2v) is 5.02. The number of nitrogens with zero attached hydrogens (tertiary/aromatic N) is 1. The Morgan fingerprint density at radius 3 is 2.55 bits per heavy atom. The summed E-state index contributed by atoms with van der Waals surface area (Å²) >= 11 is 3.30. The number of aryl methyl sites for hydroxylation is 1. The van der Waals surface area contributed by atoms with Crippen LogP contribution in [-0.2, 0) is 0 Å². The van der Waals surface area contributed by atoms with Crippen LogP contribution in [0.1, 0.15) is 21.5 Å². The van der Waals surface area contributed by atoms with Crippen LogP contribution in [0.3, 0.4) is 0 Å². The maximum absolute atomic E-state index is 11.2. The molecule has 0 spiro atoms. The van der Waals surface area contributed by atoms with Gasteiger partial charge in [-0.1, -0.05) is 11.6 Å². The minimum absolute atomic E-state index is 0.0984. The Labute approximate surface area is 124 Å². The maximum atomic E-state index is 11.2. The molecular weight excluding hydrogens is 322 g/mol. The fourth-order valence-corrected chi connectivity index (χ4v) is 2.13. The summed E-state index contributed by atoms with van der Waals surface area (Å²) in [4.78, 5) is 11.2. The Bertz CT molecular complexity index is 720. The van der Waals surface area contributed by atoms with Crippen LogP contribution < -0.4 is 4.74 Å². The molecule has 0 fully saturated rings. The summed E-state index contributed by atoms with van der Waals surface area (Å²) in [7, 11) is 0. The highest BCUT2D eigenvalue weighted by molar-refractivity contribution is 9.10. The molecule has 1 N–H and O–H groups in total. The van der Waals surface area contributed by atoms with Crippen molar-refractivity contribution >= 4 is 21.9 Å². The van der Waals surface area contributed by atoms with Gasteiger partial charge >= 0.3 is 5.97 Å². The predicted molar refractivity (Wildman–Crippen MR) is 77.1 cm³/mol. The van der Waals surface area contributed by atoms with Crippen LogP contribution >= 0.6 is 15.9 Å². The molecule has 2 aromatic rings. The molecule has 100 valence electrons. The summed E-state index contributed by atoms with van der Waals surface area (Å²) in [6.45, 7) is 1.81. The fraction of sp³-hybridized carbons (Fsp3) is 0.0667. The first-order valence-electron chi connectivity index (χ1n) is 5.72. The number of halogens is 1. The zero-order chi connectivity index (χ0) is 14.7. The molecular formula is C15H10BrNO3. The van der Waals surface area contributed by atoms with Gasteiger partial charge in [0.2, 0.25) is 0 Å². The number of hydrogen-bond acceptors (Lipinski definition) is 3. The van der Waals surface area contributed by atoms with Gasteiger partial charge in [0.15, 0.2) is 0 Å². The molecule has 0 aliphatic carbocycles. The van der Waals surface area contributed by atoms with Gasteiger partial charge in [0.25, 0.3) is 0 Å². The van der Waals surface area contributed by atoms with Crippen molar-refractivity contribution in [3.8, 4) is 17.6 Å². The second kappa shape index (κ2) is 5.76. The predicted octanol–water partition coefficient (Wildman–Crippen LogP) is 4.12. The quantitative estimate of drug-likeness (QED) is 0.918. The van der Waals surface area contributed by atoms with Crippen LogP contribution in [-0.4, -0.2) is 11.1 Å². The first-order valence-corrected chi connectivity index (χ1v) is 6.52. The van der Waals surface area contributed by atoms with E-state index in [1.807, 2.05) is 13.0 Å². The van der Waals surface area contributed by atoms with Gasteiger partial charge in [0, 0.05) is 0 Å². The Kier molecular flexibility index (Phi) is 4.06. The average Bonchev–Trinajstić information content (AvgIpc) is 2.42. The smallest absolute Gasteiger partial charge is 0.339 e. The van der Waals surface area contributed by atoms with E-state index in [0.29, 0.717) is 15.8 Å². The van der Waals surface area contributed by atoms with E-state index in [9.17, 15) is 9.90 Å². The zero-order valence-corrected chi connectivity index (χ0v) is 12.1. The molecule has 20 heavy (non-hydrogen) atoms. The van der Waals surface area contributed by atoms with Crippen molar-refractivity contribution in [1.29, 1.82) is 5.26 Å². The molecule has 0 radical (unpaired) electrons. The molecule has 4 nitrogen and oxygen atoms in total. The standard InChI is InChI=1S/C15H10BrNO3/c1-9-2-4-13(11(6-9)15(18)19)20-14-5-3-10(8-17)7-12(14)16/h2-7H,1H3,(H,18,19). The van der Waals surface area contributed by atoms with E-state index < -0.39 is 5.97 Å². The highest BCUT2D eigenvalue weighted by atomic mass is 79.9. The van der Waals surface area contributed by atoms with Crippen molar-refractivity contribution in [2.24, 2.45) is 0 Å². The molecule has 0 bridgehead atoms. The van der Waals surface area contributed by atoms with E-state index in [1.54, 1.807) is 36.4 Å². The minimum Gasteiger partial charge on any atom is -0.478 e. The second-order valence-electron chi connectivity index (χ2n) is 4.16. The first kappa shape index (κ1) is 14.1. The molecule has 2 rings (SSSR count). The molecule has 0 aliphatic rings. The molecule has 0 unspecified atom stereocenters. The van der Waals surface area contributed by atoms with Crippen LogP contribution in [0.5, 0.6) is 11.5 Å². The third-order valence-corrected chi connectivity index (χ3v) is 3.27. The van der Waals surface area contributed by atoms with Crippen molar-refractivity contribution in [3.63, 3.8) is 0 Å². The van der Waals surface area contributed by atoms with Gasteiger partial charge in [-0.05, 0) is 53.2 Å². The number of carboxylic acid groups (broad SMARTS) is 1. The van der Waals surface area contributed by atoms with E-state index in [1.165, 1.54) is 0 Å². The normalized spacial score (nSPS) is 9.85. The number of benzene rings is 2. The van der Waals surface area contributed by atoms with E-state index in [-0.39, 0.29) is 11.3 Å². The van der Waals surface area contributed by atoms with Crippen LogP contribution in [0, 0.1) is 18.3 Å². The third kappa shape index (κ3) is 2.98. The lowest BCUT2D eigenvalue weighted by Gasteiger charge is -2.11. The molecule has 0 aliphatic heterocycles. The molecule has 0 saturated carbocycles. The number of nitriles is 1. The van der Waals surface area contributed by atoms with E-state index in [0.717, 1.165) is 5.56 Å². The minimum atomic E-state index is -1.05. The van der Waals surface area contributed by atoms with Crippen LogP contribution in [0.25, 0.3) is 0 Å². The van der Waals surface area contributed by atoms with Gasteiger partial charge in [0.1, 0.15) is 17.1 Å². The molecule has 0 amide bonds. The largest absolute Gasteiger partial charge is 0.478 e. The Hall–Kier alpha value is -2.32. The van der Waals surface area contributed by atoms with Gasteiger partial charge in [0.05, 0.1) is 16.1 Å². The summed E-state index contributed by atoms with van der Waals surface area (Å²) < 4.78 is 6.21. The zero-order valence-electron chi connectivity index (χ0n) is 10.6. The summed E-state index contributed by atoms with van der Waals surface area (Å²) in [5.41, 5.74) is 1.43. The van der Waals surface area contributed by atoms with Crippen molar-refractivity contribution < 1.29 is 14.6 Å². The number of aromatic carboxylic acids is 1. The van der Waals surface area contributed by atoms with Crippen LogP contribution in [0.15, 0.2) is 40.9 Å².